The normalized spacial score (nSPS) is 13.3. The van der Waals surface area contributed by atoms with Gasteiger partial charge in [-0.2, -0.15) is 0 Å². The zero-order chi connectivity index (χ0) is 38.5. The number of carbonyl (C=O) groups excluding carboxylic acids is 3. The Morgan fingerprint density at radius 1 is 0.577 bits per heavy atom. The maximum absolute atomic E-state index is 12.7. The van der Waals surface area contributed by atoms with Gasteiger partial charge < -0.3 is 28.6 Å². The number of hydrogen-bond donors (Lipinski definition) is 0. The Bertz CT molecular complexity index is 953. The first-order chi connectivity index (χ1) is 25.1. The van der Waals surface area contributed by atoms with E-state index in [1.54, 1.807) is 21.1 Å². The molecule has 0 radical (unpaired) electrons. The van der Waals surface area contributed by atoms with E-state index in [0.29, 0.717) is 12.8 Å². The number of quaternary nitrogens is 1. The molecule has 0 aromatic carbocycles. The highest BCUT2D eigenvalue weighted by molar-refractivity contribution is 5.70. The molecule has 2 unspecified atom stereocenters. The molecule has 0 amide bonds. The van der Waals surface area contributed by atoms with Crippen molar-refractivity contribution in [3.63, 3.8) is 0 Å². The number of ether oxygens (including phenoxy) is 3. The molecule has 0 heterocycles. The number of carboxylic acid groups (broad SMARTS) is 1. The predicted molar refractivity (Wildman–Crippen MR) is 213 cm³/mol. The SMILES string of the molecule is CCCCCCCC/C=C/C/C=C/C/C=C/CCCC(=O)OC(COCCC(C(=O)[O-])[N+](C)(C)C)COC(=O)CCCCCCCCCCCCC. The van der Waals surface area contributed by atoms with E-state index in [1.165, 1.54) is 96.3 Å². The van der Waals surface area contributed by atoms with Crippen molar-refractivity contribution in [2.75, 3.05) is 41.0 Å². The third kappa shape index (κ3) is 33.4. The van der Waals surface area contributed by atoms with Crippen molar-refractivity contribution in [2.24, 2.45) is 0 Å². The minimum absolute atomic E-state index is 0.0227. The van der Waals surface area contributed by atoms with E-state index in [4.69, 9.17) is 14.2 Å². The Kier molecular flexibility index (Phi) is 33.9. The van der Waals surface area contributed by atoms with Gasteiger partial charge in [-0.15, -0.1) is 0 Å². The number of unbranched alkanes of at least 4 members (excludes halogenated alkanes) is 17. The Morgan fingerprint density at radius 2 is 1.04 bits per heavy atom. The minimum Gasteiger partial charge on any atom is -0.544 e. The van der Waals surface area contributed by atoms with Crippen molar-refractivity contribution in [3.05, 3.63) is 36.5 Å². The lowest BCUT2D eigenvalue weighted by molar-refractivity contribution is -0.889. The van der Waals surface area contributed by atoms with Crippen LogP contribution in [0, 0.1) is 0 Å². The van der Waals surface area contributed by atoms with Crippen LogP contribution in [-0.4, -0.2) is 75.5 Å². The molecule has 0 aromatic heterocycles. The van der Waals surface area contributed by atoms with Crippen molar-refractivity contribution in [1.29, 1.82) is 0 Å². The number of esters is 2. The zero-order valence-corrected chi connectivity index (χ0v) is 34.2. The molecule has 0 bridgehead atoms. The van der Waals surface area contributed by atoms with E-state index >= 15 is 0 Å². The second-order valence-corrected chi connectivity index (χ2v) is 15.2. The van der Waals surface area contributed by atoms with Gasteiger partial charge in [-0.1, -0.05) is 147 Å². The highest BCUT2D eigenvalue weighted by atomic mass is 16.6. The summed E-state index contributed by atoms with van der Waals surface area (Å²) in [6.07, 6.45) is 38.9. The van der Waals surface area contributed by atoms with Crippen LogP contribution in [0.15, 0.2) is 36.5 Å². The van der Waals surface area contributed by atoms with Crippen LogP contribution in [0.2, 0.25) is 0 Å². The highest BCUT2D eigenvalue weighted by Gasteiger charge is 2.25. The number of nitrogens with zero attached hydrogens (tertiary/aromatic N) is 1. The van der Waals surface area contributed by atoms with Crippen molar-refractivity contribution in [1.82, 2.24) is 0 Å². The molecule has 8 nitrogen and oxygen atoms in total. The molecule has 302 valence electrons. The molecule has 0 saturated heterocycles. The standard InChI is InChI=1S/C44H79NO7/c1-6-8-10-12-14-16-18-19-20-21-22-23-25-27-29-31-33-35-43(47)52-40(38-50-37-36-41(44(48)49)45(3,4)5)39-51-42(46)34-32-30-28-26-24-17-15-13-11-9-7-2/h19-20,22-23,27,29,40-41H,6-18,21,24-26,28,30-39H2,1-5H3/b20-19+,23-22+,29-27+. The first-order valence-corrected chi connectivity index (χ1v) is 21.0. The van der Waals surface area contributed by atoms with Crippen LogP contribution in [0.25, 0.3) is 0 Å². The van der Waals surface area contributed by atoms with E-state index in [0.717, 1.165) is 38.5 Å². The first-order valence-electron chi connectivity index (χ1n) is 21.0. The van der Waals surface area contributed by atoms with Crippen LogP contribution >= 0.6 is 0 Å². The largest absolute Gasteiger partial charge is 0.544 e. The van der Waals surface area contributed by atoms with Gasteiger partial charge >= 0.3 is 11.9 Å². The lowest BCUT2D eigenvalue weighted by Crippen LogP contribution is -2.55. The van der Waals surface area contributed by atoms with Crippen LogP contribution < -0.4 is 5.11 Å². The fourth-order valence-corrected chi connectivity index (χ4v) is 5.97. The Hall–Kier alpha value is -2.45. The van der Waals surface area contributed by atoms with Crippen molar-refractivity contribution in [3.8, 4) is 0 Å². The van der Waals surface area contributed by atoms with Gasteiger partial charge in [-0.05, 0) is 44.9 Å². The van der Waals surface area contributed by atoms with Gasteiger partial charge in [0.25, 0.3) is 0 Å². The smallest absolute Gasteiger partial charge is 0.306 e. The van der Waals surface area contributed by atoms with E-state index in [1.807, 2.05) is 0 Å². The topological polar surface area (TPSA) is 102 Å². The number of carboxylic acids is 1. The van der Waals surface area contributed by atoms with Gasteiger partial charge in [-0.3, -0.25) is 9.59 Å². The van der Waals surface area contributed by atoms with Crippen molar-refractivity contribution < 1.29 is 38.2 Å². The molecule has 2 atom stereocenters. The molecule has 0 aliphatic heterocycles. The number of hydrogen-bond acceptors (Lipinski definition) is 7. The van der Waals surface area contributed by atoms with Gasteiger partial charge in [0.05, 0.1) is 40.3 Å². The molecule has 0 spiro atoms. The van der Waals surface area contributed by atoms with Crippen molar-refractivity contribution >= 4 is 17.9 Å². The number of carbonyl (C=O) groups is 3. The monoisotopic (exact) mass is 734 g/mol. The number of allylic oxidation sites excluding steroid dienone is 6. The van der Waals surface area contributed by atoms with Crippen LogP contribution in [0.5, 0.6) is 0 Å². The number of aliphatic carboxylic acids is 1. The van der Waals surface area contributed by atoms with E-state index in [2.05, 4.69) is 50.3 Å². The molecule has 8 heteroatoms. The Morgan fingerprint density at radius 3 is 1.56 bits per heavy atom. The molecule has 0 fully saturated rings. The van der Waals surface area contributed by atoms with E-state index in [9.17, 15) is 19.5 Å². The summed E-state index contributed by atoms with van der Waals surface area (Å²) < 4.78 is 17.1. The second-order valence-electron chi connectivity index (χ2n) is 15.2. The lowest BCUT2D eigenvalue weighted by atomic mass is 10.1. The average molecular weight is 734 g/mol. The molecule has 0 aliphatic rings. The van der Waals surface area contributed by atoms with Gasteiger partial charge in [0.1, 0.15) is 12.6 Å². The van der Waals surface area contributed by atoms with E-state index < -0.39 is 18.1 Å². The number of likely N-dealkylation sites (N-methyl/N-ethyl adjacent to an activating group) is 1. The first kappa shape index (κ1) is 49.6. The highest BCUT2D eigenvalue weighted by Crippen LogP contribution is 2.13. The lowest BCUT2D eigenvalue weighted by Gasteiger charge is -2.34. The van der Waals surface area contributed by atoms with Crippen LogP contribution in [0.3, 0.4) is 0 Å². The van der Waals surface area contributed by atoms with Crippen molar-refractivity contribution in [2.45, 2.75) is 187 Å². The maximum Gasteiger partial charge on any atom is 0.306 e. The molecular formula is C44H79NO7. The summed E-state index contributed by atoms with van der Waals surface area (Å²) in [4.78, 5) is 36.7. The second kappa shape index (κ2) is 35.6. The van der Waals surface area contributed by atoms with E-state index in [-0.39, 0.29) is 49.1 Å². The molecule has 0 aliphatic carbocycles. The van der Waals surface area contributed by atoms with Gasteiger partial charge in [0.15, 0.2) is 6.10 Å². The molecule has 52 heavy (non-hydrogen) atoms. The van der Waals surface area contributed by atoms with Gasteiger partial charge in [0.2, 0.25) is 0 Å². The molecule has 0 aromatic rings. The fraction of sp³-hybridized carbons (Fsp3) is 0.795. The summed E-state index contributed by atoms with van der Waals surface area (Å²) in [6.45, 7) is 4.59. The Labute approximate surface area is 319 Å². The zero-order valence-electron chi connectivity index (χ0n) is 34.2. The summed E-state index contributed by atoms with van der Waals surface area (Å²) in [5.41, 5.74) is 0. The molecule has 0 saturated carbocycles. The predicted octanol–water partition coefficient (Wildman–Crippen LogP) is 9.74. The maximum atomic E-state index is 12.7. The quantitative estimate of drug-likeness (QED) is 0.0271. The summed E-state index contributed by atoms with van der Waals surface area (Å²) in [5, 5.41) is 11.6. The number of rotatable bonds is 37. The summed E-state index contributed by atoms with van der Waals surface area (Å²) in [5.74, 6) is -1.80. The van der Waals surface area contributed by atoms with Gasteiger partial charge in [-0.25, -0.2) is 0 Å². The molecule has 0 rings (SSSR count). The summed E-state index contributed by atoms with van der Waals surface area (Å²) >= 11 is 0. The summed E-state index contributed by atoms with van der Waals surface area (Å²) in [7, 11) is 5.38. The third-order valence-corrected chi connectivity index (χ3v) is 9.28. The molecular weight excluding hydrogens is 654 g/mol. The fourth-order valence-electron chi connectivity index (χ4n) is 5.97. The van der Waals surface area contributed by atoms with Crippen LogP contribution in [-0.2, 0) is 28.6 Å². The molecule has 0 N–H and O–H groups in total. The summed E-state index contributed by atoms with van der Waals surface area (Å²) in [6, 6.07) is -0.732. The minimum atomic E-state index is -1.13. The Balaban J connectivity index is 4.46. The third-order valence-electron chi connectivity index (χ3n) is 9.28. The van der Waals surface area contributed by atoms with Crippen LogP contribution in [0.4, 0.5) is 0 Å². The average Bonchev–Trinajstić information content (AvgIpc) is 3.09. The van der Waals surface area contributed by atoms with Gasteiger partial charge in [0, 0.05) is 19.3 Å². The van der Waals surface area contributed by atoms with Crippen LogP contribution in [0.1, 0.15) is 174 Å².